The molecule has 0 aromatic heterocycles. The third-order valence-corrected chi connectivity index (χ3v) is 3.76. The Morgan fingerprint density at radius 1 is 1.24 bits per heavy atom. The Morgan fingerprint density at radius 3 is 2.81 bits per heavy atom. The van der Waals surface area contributed by atoms with Crippen LogP contribution in [-0.4, -0.2) is 11.5 Å². The van der Waals surface area contributed by atoms with Gasteiger partial charge < -0.3 is 10.1 Å². The standard InChI is InChI=1S/C17H17NO2S/c1-11(21)18-17(19)20-10-13-6-4-8-15-14-7-3-2-5-12(14)9-16(13)15/h2-8,11,21H,9-10H2,1H3,(H,18,19). The molecule has 21 heavy (non-hydrogen) atoms. The minimum absolute atomic E-state index is 0.219. The van der Waals surface area contributed by atoms with Crippen LogP contribution in [0.15, 0.2) is 42.5 Å². The molecule has 108 valence electrons. The van der Waals surface area contributed by atoms with Gasteiger partial charge in [0.2, 0.25) is 0 Å². The van der Waals surface area contributed by atoms with Crippen molar-refractivity contribution in [1.82, 2.24) is 5.32 Å². The maximum Gasteiger partial charge on any atom is 0.408 e. The zero-order chi connectivity index (χ0) is 14.8. The topological polar surface area (TPSA) is 38.3 Å². The van der Waals surface area contributed by atoms with Gasteiger partial charge in [-0.25, -0.2) is 4.79 Å². The summed E-state index contributed by atoms with van der Waals surface area (Å²) in [5, 5.41) is 2.38. The maximum atomic E-state index is 11.6. The van der Waals surface area contributed by atoms with Crippen molar-refractivity contribution in [3.8, 4) is 11.1 Å². The number of thiol groups is 1. The lowest BCUT2D eigenvalue weighted by Gasteiger charge is -2.11. The van der Waals surface area contributed by atoms with Crippen molar-refractivity contribution in [3.63, 3.8) is 0 Å². The van der Waals surface area contributed by atoms with E-state index in [1.165, 1.54) is 22.3 Å². The quantitative estimate of drug-likeness (QED) is 0.571. The van der Waals surface area contributed by atoms with Crippen LogP contribution in [0.3, 0.4) is 0 Å². The van der Waals surface area contributed by atoms with E-state index in [4.69, 9.17) is 4.74 Å². The highest BCUT2D eigenvalue weighted by Gasteiger charge is 2.20. The zero-order valence-electron chi connectivity index (χ0n) is 11.8. The average molecular weight is 299 g/mol. The number of rotatable bonds is 3. The minimum Gasteiger partial charge on any atom is -0.445 e. The molecule has 1 amide bonds. The third kappa shape index (κ3) is 2.90. The van der Waals surface area contributed by atoms with E-state index >= 15 is 0 Å². The summed E-state index contributed by atoms with van der Waals surface area (Å²) < 4.78 is 5.26. The first kappa shape index (κ1) is 14.0. The fraction of sp³-hybridized carbons (Fsp3) is 0.235. The number of nitrogens with one attached hydrogen (secondary N) is 1. The van der Waals surface area contributed by atoms with Crippen LogP contribution < -0.4 is 5.32 Å². The molecule has 1 N–H and O–H groups in total. The van der Waals surface area contributed by atoms with Gasteiger partial charge in [0.15, 0.2) is 0 Å². The van der Waals surface area contributed by atoms with E-state index in [0.29, 0.717) is 0 Å². The zero-order valence-corrected chi connectivity index (χ0v) is 12.7. The Hall–Kier alpha value is -1.94. The summed E-state index contributed by atoms with van der Waals surface area (Å²) in [7, 11) is 0. The Bertz CT molecular complexity index is 682. The van der Waals surface area contributed by atoms with Gasteiger partial charge in [-0.05, 0) is 41.2 Å². The lowest BCUT2D eigenvalue weighted by molar-refractivity contribution is 0.139. The molecule has 3 nitrogen and oxygen atoms in total. The summed E-state index contributed by atoms with van der Waals surface area (Å²) in [6.45, 7) is 2.06. The molecule has 1 aliphatic carbocycles. The molecule has 0 aliphatic heterocycles. The molecule has 0 radical (unpaired) electrons. The van der Waals surface area contributed by atoms with Gasteiger partial charge in [-0.15, -0.1) is 0 Å². The summed E-state index contributed by atoms with van der Waals surface area (Å²) in [5.74, 6) is 0. The van der Waals surface area contributed by atoms with Crippen LogP contribution in [0.4, 0.5) is 4.79 Å². The lowest BCUT2D eigenvalue weighted by atomic mass is 10.0. The highest BCUT2D eigenvalue weighted by Crippen LogP contribution is 2.38. The number of hydrogen-bond donors (Lipinski definition) is 2. The van der Waals surface area contributed by atoms with Gasteiger partial charge in [-0.3, -0.25) is 0 Å². The Kier molecular flexibility index (Phi) is 3.88. The fourth-order valence-electron chi connectivity index (χ4n) is 2.71. The first-order valence-electron chi connectivity index (χ1n) is 6.95. The Morgan fingerprint density at radius 2 is 2.00 bits per heavy atom. The SMILES string of the molecule is CC(S)NC(=O)OCc1cccc2c1Cc1ccccc1-2. The van der Waals surface area contributed by atoms with E-state index in [2.05, 4.69) is 48.3 Å². The predicted molar refractivity (Wildman–Crippen MR) is 86.5 cm³/mol. The van der Waals surface area contributed by atoms with Crippen molar-refractivity contribution >= 4 is 18.7 Å². The average Bonchev–Trinajstić information content (AvgIpc) is 2.83. The molecule has 1 aliphatic rings. The molecule has 4 heteroatoms. The number of carbonyl (C=O) groups is 1. The second-order valence-electron chi connectivity index (χ2n) is 5.17. The molecule has 0 heterocycles. The van der Waals surface area contributed by atoms with Crippen molar-refractivity contribution in [3.05, 3.63) is 59.2 Å². The van der Waals surface area contributed by atoms with Gasteiger partial charge in [0.05, 0.1) is 5.37 Å². The van der Waals surface area contributed by atoms with E-state index in [1.807, 2.05) is 12.1 Å². The van der Waals surface area contributed by atoms with Crippen LogP contribution in [0.2, 0.25) is 0 Å². The number of fused-ring (bicyclic) bond motifs is 3. The van der Waals surface area contributed by atoms with Crippen LogP contribution >= 0.6 is 12.6 Å². The number of alkyl carbamates (subject to hydrolysis) is 1. The molecule has 2 aromatic rings. The second kappa shape index (κ2) is 5.82. The summed E-state index contributed by atoms with van der Waals surface area (Å²) in [5.41, 5.74) is 6.17. The van der Waals surface area contributed by atoms with E-state index in [1.54, 1.807) is 6.92 Å². The van der Waals surface area contributed by atoms with Crippen molar-refractivity contribution in [2.45, 2.75) is 25.3 Å². The lowest BCUT2D eigenvalue weighted by Crippen LogP contribution is -2.29. The molecule has 0 saturated carbocycles. The van der Waals surface area contributed by atoms with Gasteiger partial charge in [0.25, 0.3) is 0 Å². The van der Waals surface area contributed by atoms with Crippen molar-refractivity contribution < 1.29 is 9.53 Å². The highest BCUT2D eigenvalue weighted by molar-refractivity contribution is 7.80. The molecular weight excluding hydrogens is 282 g/mol. The third-order valence-electron chi connectivity index (χ3n) is 3.63. The fourth-order valence-corrected chi connectivity index (χ4v) is 2.82. The summed E-state index contributed by atoms with van der Waals surface area (Å²) in [6, 6.07) is 14.6. The van der Waals surface area contributed by atoms with Crippen LogP contribution in [0, 0.1) is 0 Å². The van der Waals surface area contributed by atoms with Gasteiger partial charge in [0.1, 0.15) is 6.61 Å². The molecule has 0 bridgehead atoms. The molecule has 0 fully saturated rings. The van der Waals surface area contributed by atoms with E-state index < -0.39 is 6.09 Å². The van der Waals surface area contributed by atoms with Crippen molar-refractivity contribution in [2.24, 2.45) is 0 Å². The largest absolute Gasteiger partial charge is 0.445 e. The molecule has 0 saturated heterocycles. The first-order chi connectivity index (χ1) is 10.1. The molecule has 1 atom stereocenters. The van der Waals surface area contributed by atoms with E-state index in [9.17, 15) is 4.79 Å². The van der Waals surface area contributed by atoms with Crippen molar-refractivity contribution in [2.75, 3.05) is 0 Å². The second-order valence-corrected chi connectivity index (χ2v) is 5.95. The monoisotopic (exact) mass is 299 g/mol. The van der Waals surface area contributed by atoms with Gasteiger partial charge >= 0.3 is 6.09 Å². The van der Waals surface area contributed by atoms with Crippen LogP contribution in [0.5, 0.6) is 0 Å². The summed E-state index contributed by atoms with van der Waals surface area (Å²) in [6.07, 6.45) is 0.459. The maximum absolute atomic E-state index is 11.6. The highest BCUT2D eigenvalue weighted by atomic mass is 32.1. The van der Waals surface area contributed by atoms with E-state index in [0.717, 1.165) is 12.0 Å². The first-order valence-corrected chi connectivity index (χ1v) is 7.47. The van der Waals surface area contributed by atoms with Gasteiger partial charge in [0, 0.05) is 0 Å². The number of hydrogen-bond acceptors (Lipinski definition) is 3. The normalized spacial score (nSPS) is 13.2. The summed E-state index contributed by atoms with van der Waals surface area (Å²) >= 11 is 4.10. The molecule has 2 aromatic carbocycles. The number of carbonyl (C=O) groups excluding carboxylic acids is 1. The molecule has 3 rings (SSSR count). The van der Waals surface area contributed by atoms with Crippen LogP contribution in [0.1, 0.15) is 23.6 Å². The molecule has 0 spiro atoms. The van der Waals surface area contributed by atoms with E-state index in [-0.39, 0.29) is 12.0 Å². The minimum atomic E-state index is -0.439. The Labute approximate surface area is 129 Å². The predicted octanol–water partition coefficient (Wildman–Crippen LogP) is 3.76. The van der Waals surface area contributed by atoms with Crippen LogP contribution in [-0.2, 0) is 17.8 Å². The smallest absolute Gasteiger partial charge is 0.408 e. The van der Waals surface area contributed by atoms with Crippen LogP contribution in [0.25, 0.3) is 11.1 Å². The van der Waals surface area contributed by atoms with Gasteiger partial charge in [-0.2, -0.15) is 12.6 Å². The molecular formula is C17H17NO2S. The van der Waals surface area contributed by atoms with Gasteiger partial charge in [-0.1, -0.05) is 42.5 Å². The molecule has 1 unspecified atom stereocenters. The van der Waals surface area contributed by atoms with Crippen molar-refractivity contribution in [1.29, 1.82) is 0 Å². The number of amides is 1. The summed E-state index contributed by atoms with van der Waals surface area (Å²) in [4.78, 5) is 11.6. The Balaban J connectivity index is 1.79. The number of benzene rings is 2. The number of ether oxygens (including phenoxy) is 1.